The molecule has 1 unspecified atom stereocenters. The number of fused-ring (bicyclic) bond motifs is 2. The number of hydrogen-bond acceptors (Lipinski definition) is 3. The normalized spacial score (nSPS) is 21.2. The summed E-state index contributed by atoms with van der Waals surface area (Å²) in [4.78, 5) is 0. The van der Waals surface area contributed by atoms with Crippen molar-refractivity contribution in [3.05, 3.63) is 58.7 Å². The highest BCUT2D eigenvalue weighted by Crippen LogP contribution is 2.22. The van der Waals surface area contributed by atoms with Crippen LogP contribution < -0.4 is 10.4 Å². The van der Waals surface area contributed by atoms with Gasteiger partial charge in [-0.3, -0.25) is 0 Å². The summed E-state index contributed by atoms with van der Waals surface area (Å²) in [5, 5.41) is 11.5. The second-order valence-electron chi connectivity index (χ2n) is 3.95. The van der Waals surface area contributed by atoms with Crippen molar-refractivity contribution in [1.29, 1.82) is 0 Å². The van der Waals surface area contributed by atoms with Gasteiger partial charge in [0.15, 0.2) is 0 Å². The van der Waals surface area contributed by atoms with E-state index < -0.39 is 0 Å². The summed E-state index contributed by atoms with van der Waals surface area (Å²) in [5.74, 6) is 0.768. The molecule has 0 saturated heterocycles. The molecule has 1 aromatic carbocycles. The van der Waals surface area contributed by atoms with Gasteiger partial charge < -0.3 is 14.6 Å². The zero-order chi connectivity index (χ0) is 11.8. The van der Waals surface area contributed by atoms with Crippen LogP contribution in [-0.2, 0) is 9.47 Å². The number of hydrogen-bond donors (Lipinski definition) is 1. The molecule has 0 radical (unpaired) electrons. The summed E-state index contributed by atoms with van der Waals surface area (Å²) < 4.78 is 10.7. The Morgan fingerprint density at radius 1 is 1.24 bits per heavy atom. The number of ether oxygens (including phenoxy) is 2. The van der Waals surface area contributed by atoms with Crippen LogP contribution in [0.2, 0.25) is 0 Å². The maximum absolute atomic E-state index is 9.82. The van der Waals surface area contributed by atoms with Crippen LogP contribution in [0.4, 0.5) is 0 Å². The molecule has 17 heavy (non-hydrogen) atoms. The topological polar surface area (TPSA) is 38.7 Å². The molecule has 0 aromatic heterocycles. The minimum absolute atomic E-state index is 0.0201. The van der Waals surface area contributed by atoms with Gasteiger partial charge in [0.25, 0.3) is 5.95 Å². The Hall–Kier alpha value is -2.16. The molecule has 2 aliphatic rings. The third-order valence-electron chi connectivity index (χ3n) is 2.98. The molecule has 3 rings (SSSR count). The second kappa shape index (κ2) is 3.70. The van der Waals surface area contributed by atoms with E-state index in [2.05, 4.69) is 0 Å². The van der Waals surface area contributed by atoms with E-state index in [-0.39, 0.29) is 12.0 Å². The van der Waals surface area contributed by atoms with E-state index in [1.807, 2.05) is 42.5 Å². The van der Waals surface area contributed by atoms with Gasteiger partial charge in [-0.1, -0.05) is 18.2 Å². The zero-order valence-electron chi connectivity index (χ0n) is 9.38. The molecule has 0 spiro atoms. The van der Waals surface area contributed by atoms with Crippen LogP contribution in [0.3, 0.4) is 0 Å². The van der Waals surface area contributed by atoms with E-state index in [4.69, 9.17) is 9.47 Å². The molecule has 0 amide bonds. The van der Waals surface area contributed by atoms with Gasteiger partial charge in [-0.25, -0.2) is 0 Å². The molecule has 1 N–H and O–H groups in total. The smallest absolute Gasteiger partial charge is 0.285 e. The van der Waals surface area contributed by atoms with Crippen molar-refractivity contribution in [3.8, 4) is 0 Å². The number of allylic oxidation sites excluding steroid dienone is 1. The second-order valence-corrected chi connectivity index (χ2v) is 3.95. The third kappa shape index (κ3) is 1.51. The highest BCUT2D eigenvalue weighted by Gasteiger charge is 2.22. The number of methoxy groups -OCH3 is 1. The van der Waals surface area contributed by atoms with Crippen LogP contribution in [0.1, 0.15) is 0 Å². The van der Waals surface area contributed by atoms with Crippen LogP contribution in [0, 0.1) is 0 Å². The van der Waals surface area contributed by atoms with Gasteiger partial charge in [0.1, 0.15) is 11.9 Å². The van der Waals surface area contributed by atoms with E-state index in [0.29, 0.717) is 0 Å². The zero-order valence-corrected chi connectivity index (χ0v) is 9.38. The summed E-state index contributed by atoms with van der Waals surface area (Å²) in [7, 11) is 1.64. The van der Waals surface area contributed by atoms with Crippen molar-refractivity contribution in [2.24, 2.45) is 0 Å². The average Bonchev–Trinajstić information content (AvgIpc) is 2.39. The average molecular weight is 228 g/mol. The minimum atomic E-state index is -0.233. The lowest BCUT2D eigenvalue weighted by atomic mass is 9.98. The summed E-state index contributed by atoms with van der Waals surface area (Å²) in [6.07, 6.45) is 5.43. The van der Waals surface area contributed by atoms with Crippen LogP contribution in [-0.4, -0.2) is 18.3 Å². The quantitative estimate of drug-likeness (QED) is 0.778. The van der Waals surface area contributed by atoms with Crippen molar-refractivity contribution in [3.63, 3.8) is 0 Å². The first-order chi connectivity index (χ1) is 8.29. The fraction of sp³-hybridized carbons (Fsp3) is 0.143. The lowest BCUT2D eigenvalue weighted by Gasteiger charge is -2.23. The summed E-state index contributed by atoms with van der Waals surface area (Å²) >= 11 is 0. The van der Waals surface area contributed by atoms with Gasteiger partial charge in [-0.2, -0.15) is 0 Å². The Bertz CT molecular complexity index is 638. The van der Waals surface area contributed by atoms with E-state index >= 15 is 0 Å². The molecule has 1 aromatic rings. The van der Waals surface area contributed by atoms with Gasteiger partial charge in [0.2, 0.25) is 0 Å². The third-order valence-corrected chi connectivity index (χ3v) is 2.98. The van der Waals surface area contributed by atoms with Crippen molar-refractivity contribution in [2.45, 2.75) is 6.10 Å². The van der Waals surface area contributed by atoms with Crippen LogP contribution in [0.5, 0.6) is 0 Å². The van der Waals surface area contributed by atoms with E-state index in [0.717, 1.165) is 21.8 Å². The molecular formula is C14H12O3. The predicted molar refractivity (Wildman–Crippen MR) is 64.2 cm³/mol. The summed E-state index contributed by atoms with van der Waals surface area (Å²) in [5.41, 5.74) is 1.01. The molecule has 0 bridgehead atoms. The van der Waals surface area contributed by atoms with Crippen molar-refractivity contribution in [1.82, 2.24) is 0 Å². The monoisotopic (exact) mass is 228 g/mol. The predicted octanol–water partition coefficient (Wildman–Crippen LogP) is 0.960. The molecule has 86 valence electrons. The highest BCUT2D eigenvalue weighted by molar-refractivity contribution is 5.69. The van der Waals surface area contributed by atoms with Crippen molar-refractivity contribution >= 4 is 11.5 Å². The number of rotatable bonds is 1. The van der Waals surface area contributed by atoms with Crippen LogP contribution in [0.15, 0.2) is 48.3 Å². The lowest BCUT2D eigenvalue weighted by molar-refractivity contribution is 0.161. The molecular weight excluding hydrogens is 216 g/mol. The molecule has 0 saturated carbocycles. The minimum Gasteiger partial charge on any atom is -0.497 e. The standard InChI is InChI=1S/C14H12O3/c1-16-9-6-7-13-12(8-9)10-4-2-3-5-11(10)14(15)17-13/h2-8,13,15H,1H3. The fourth-order valence-corrected chi connectivity index (χ4v) is 2.14. The Morgan fingerprint density at radius 3 is 2.76 bits per heavy atom. The van der Waals surface area contributed by atoms with Gasteiger partial charge in [-0.15, -0.1) is 0 Å². The maximum Gasteiger partial charge on any atom is 0.285 e. The lowest BCUT2D eigenvalue weighted by Crippen LogP contribution is -2.38. The fourth-order valence-electron chi connectivity index (χ4n) is 2.14. The van der Waals surface area contributed by atoms with Gasteiger partial charge in [-0.05, 0) is 29.5 Å². The van der Waals surface area contributed by atoms with Crippen LogP contribution >= 0.6 is 0 Å². The van der Waals surface area contributed by atoms with Gasteiger partial charge in [0, 0.05) is 5.57 Å². The molecule has 0 fully saturated rings. The molecule has 1 atom stereocenters. The first-order valence-electron chi connectivity index (χ1n) is 5.42. The van der Waals surface area contributed by atoms with E-state index in [9.17, 15) is 5.11 Å². The SMILES string of the molecule is COC1=CC2=c3ccccc3=C(O)OC2C=C1. The van der Waals surface area contributed by atoms with Crippen molar-refractivity contribution in [2.75, 3.05) is 7.11 Å². The Kier molecular flexibility index (Phi) is 2.18. The molecule has 1 aliphatic heterocycles. The largest absolute Gasteiger partial charge is 0.497 e. The summed E-state index contributed by atoms with van der Waals surface area (Å²) in [6.45, 7) is 0. The first-order valence-corrected chi connectivity index (χ1v) is 5.42. The highest BCUT2D eigenvalue weighted by atomic mass is 16.6. The Balaban J connectivity index is 2.35. The van der Waals surface area contributed by atoms with Crippen LogP contribution in [0.25, 0.3) is 11.5 Å². The molecule has 1 aliphatic carbocycles. The maximum atomic E-state index is 9.82. The van der Waals surface area contributed by atoms with Crippen molar-refractivity contribution < 1.29 is 14.6 Å². The van der Waals surface area contributed by atoms with E-state index in [1.165, 1.54) is 0 Å². The number of aliphatic hydroxyl groups excluding tert-OH is 1. The molecule has 3 nitrogen and oxygen atoms in total. The first kappa shape index (κ1) is 10.0. The Morgan fingerprint density at radius 2 is 2.00 bits per heavy atom. The molecule has 1 heterocycles. The molecule has 3 heteroatoms. The number of benzene rings is 1. The van der Waals surface area contributed by atoms with Gasteiger partial charge in [0.05, 0.1) is 12.3 Å². The summed E-state index contributed by atoms with van der Waals surface area (Å²) in [6, 6.07) is 7.63. The Labute approximate surface area is 98.6 Å². The number of aliphatic hydroxyl groups is 1. The van der Waals surface area contributed by atoms with E-state index in [1.54, 1.807) is 7.11 Å². The van der Waals surface area contributed by atoms with Gasteiger partial charge >= 0.3 is 0 Å².